The molecule has 1 aromatic heterocycles. The second-order valence-electron chi connectivity index (χ2n) is 12.8. The zero-order valence-electron chi connectivity index (χ0n) is 27.7. The zero-order chi connectivity index (χ0) is 38.5. The highest BCUT2D eigenvalue weighted by molar-refractivity contribution is 5.88. The predicted molar refractivity (Wildman–Crippen MR) is 171 cm³/mol. The van der Waals surface area contributed by atoms with Gasteiger partial charge in [-0.15, -0.1) is 0 Å². The van der Waals surface area contributed by atoms with Gasteiger partial charge in [-0.3, -0.25) is 4.79 Å². The summed E-state index contributed by atoms with van der Waals surface area (Å²) in [6.07, 6.45) is -23.7. The van der Waals surface area contributed by atoms with Crippen molar-refractivity contribution >= 4 is 11.0 Å². The maximum Gasteiger partial charge on any atom is 0.197 e. The van der Waals surface area contributed by atoms with Gasteiger partial charge in [0.25, 0.3) is 0 Å². The Morgan fingerprint density at radius 2 is 1.43 bits per heavy atom. The third-order valence-electron chi connectivity index (χ3n) is 9.51. The molecule has 53 heavy (non-hydrogen) atoms. The van der Waals surface area contributed by atoms with Gasteiger partial charge in [0, 0.05) is 17.7 Å². The zero-order valence-corrected chi connectivity index (χ0v) is 27.7. The lowest BCUT2D eigenvalue weighted by Crippen LogP contribution is -2.63. The van der Waals surface area contributed by atoms with Crippen LogP contribution in [0.3, 0.4) is 0 Å². The minimum absolute atomic E-state index is 0.0410. The molecule has 20 nitrogen and oxygen atoms in total. The Labute approximate surface area is 298 Å². The van der Waals surface area contributed by atoms with Gasteiger partial charge in [0.05, 0.1) is 32.5 Å². The summed E-state index contributed by atoms with van der Waals surface area (Å²) in [7, 11) is 1.20. The van der Waals surface area contributed by atoms with Gasteiger partial charge >= 0.3 is 0 Å². The van der Waals surface area contributed by atoms with Crippen LogP contribution < -0.4 is 10.2 Å². The summed E-state index contributed by atoms with van der Waals surface area (Å²) in [4.78, 5) is 13.3. The number of methoxy groups -OCH3 is 1. The fourth-order valence-electron chi connectivity index (χ4n) is 6.57. The summed E-state index contributed by atoms with van der Waals surface area (Å²) in [5.74, 6) is -1.84. The summed E-state index contributed by atoms with van der Waals surface area (Å²) in [5, 5.41) is 125. The van der Waals surface area contributed by atoms with Crippen LogP contribution in [0.1, 0.15) is 11.7 Å². The molecule has 20 heteroatoms. The van der Waals surface area contributed by atoms with Crippen molar-refractivity contribution in [2.24, 2.45) is 0 Å². The van der Waals surface area contributed by atoms with Crippen molar-refractivity contribution in [2.45, 2.75) is 85.8 Å². The van der Waals surface area contributed by atoms with E-state index in [1.807, 2.05) is 0 Å². The second kappa shape index (κ2) is 15.6. The fraction of sp³-hybridized carbons (Fsp3) is 0.545. The molecule has 3 aliphatic rings. The summed E-state index contributed by atoms with van der Waals surface area (Å²) in [6.45, 7) is -2.13. The summed E-state index contributed by atoms with van der Waals surface area (Å²) in [5.41, 5.74) is -1.04. The Morgan fingerprint density at radius 3 is 2.09 bits per heavy atom. The smallest absolute Gasteiger partial charge is 0.197 e. The quantitative estimate of drug-likeness (QED) is 0.0938. The molecule has 4 heterocycles. The molecule has 3 aromatic rings. The molecule has 3 aliphatic heterocycles. The van der Waals surface area contributed by atoms with E-state index in [0.717, 1.165) is 12.1 Å². The molecule has 0 radical (unpaired) electrons. The number of hydrogen-bond donors (Lipinski definition) is 12. The van der Waals surface area contributed by atoms with E-state index in [9.17, 15) is 66.1 Å². The normalized spacial score (nSPS) is 36.4. The van der Waals surface area contributed by atoms with Gasteiger partial charge in [-0.2, -0.15) is 0 Å². The lowest BCUT2D eigenvalue weighted by atomic mass is 9.89. The molecule has 3 fully saturated rings. The molecule has 0 saturated carbocycles. The van der Waals surface area contributed by atoms with E-state index in [2.05, 4.69) is 0 Å². The van der Waals surface area contributed by atoms with Crippen molar-refractivity contribution < 1.29 is 94.1 Å². The minimum Gasteiger partial charge on any atom is -0.506 e. The van der Waals surface area contributed by atoms with Gasteiger partial charge in [0.15, 0.2) is 29.5 Å². The average Bonchev–Trinajstić information content (AvgIpc) is 3.14. The minimum atomic E-state index is -1.95. The highest BCUT2D eigenvalue weighted by Crippen LogP contribution is 2.46. The Bertz CT molecular complexity index is 1810. The molecule has 14 atom stereocenters. The van der Waals surface area contributed by atoms with Crippen molar-refractivity contribution in [1.29, 1.82) is 0 Å². The maximum atomic E-state index is 13.3. The van der Waals surface area contributed by atoms with Gasteiger partial charge in [0.1, 0.15) is 101 Å². The molecular formula is C33H40O20. The Balaban J connectivity index is 1.20. The average molecular weight is 757 g/mol. The van der Waals surface area contributed by atoms with E-state index in [1.165, 1.54) is 25.3 Å². The predicted octanol–water partition coefficient (Wildman–Crippen LogP) is -3.61. The number of rotatable bonds is 9. The van der Waals surface area contributed by atoms with Crippen molar-refractivity contribution in [3.63, 3.8) is 0 Å². The van der Waals surface area contributed by atoms with Crippen LogP contribution in [0.4, 0.5) is 0 Å². The van der Waals surface area contributed by atoms with E-state index in [1.54, 1.807) is 0 Å². The summed E-state index contributed by atoms with van der Waals surface area (Å²) < 4.78 is 39.1. The second-order valence-corrected chi connectivity index (χ2v) is 12.8. The molecule has 2 aromatic carbocycles. The molecule has 6 rings (SSSR count). The van der Waals surface area contributed by atoms with Crippen molar-refractivity contribution in [3.8, 4) is 34.3 Å². The molecule has 0 unspecified atom stereocenters. The lowest BCUT2D eigenvalue weighted by molar-refractivity contribution is -0.356. The van der Waals surface area contributed by atoms with Crippen LogP contribution in [0, 0.1) is 0 Å². The number of aromatic hydroxyl groups is 3. The van der Waals surface area contributed by atoms with E-state index in [-0.39, 0.29) is 33.6 Å². The van der Waals surface area contributed by atoms with E-state index >= 15 is 0 Å². The van der Waals surface area contributed by atoms with Crippen molar-refractivity contribution in [3.05, 3.63) is 46.1 Å². The highest BCUT2D eigenvalue weighted by Gasteiger charge is 2.52. The highest BCUT2D eigenvalue weighted by atomic mass is 16.7. The Kier molecular flexibility index (Phi) is 11.5. The topological polar surface area (TPSA) is 328 Å². The Hall–Kier alpha value is -3.71. The van der Waals surface area contributed by atoms with E-state index in [4.69, 9.17) is 32.8 Å². The number of phenols is 3. The van der Waals surface area contributed by atoms with Crippen LogP contribution in [0.5, 0.6) is 23.0 Å². The molecule has 3 saturated heterocycles. The number of ether oxygens (including phenoxy) is 6. The summed E-state index contributed by atoms with van der Waals surface area (Å²) >= 11 is 0. The monoisotopic (exact) mass is 756 g/mol. The molecule has 0 spiro atoms. The van der Waals surface area contributed by atoms with Gasteiger partial charge in [-0.05, 0) is 18.2 Å². The molecule has 0 aliphatic carbocycles. The first-order valence-electron chi connectivity index (χ1n) is 16.3. The van der Waals surface area contributed by atoms with Crippen LogP contribution in [0.2, 0.25) is 0 Å². The number of hydrogen-bond acceptors (Lipinski definition) is 20. The van der Waals surface area contributed by atoms with E-state index in [0.29, 0.717) is 0 Å². The van der Waals surface area contributed by atoms with Gasteiger partial charge in [-0.25, -0.2) is 0 Å². The van der Waals surface area contributed by atoms with Crippen LogP contribution in [-0.4, -0.2) is 168 Å². The van der Waals surface area contributed by atoms with Crippen molar-refractivity contribution in [2.75, 3.05) is 26.9 Å². The first kappa shape index (κ1) is 39.0. The SMILES string of the molecule is COc1cc2oc(-c3ccc(O)c(O)c3)cc(=O)c2c(O)c1[C@H]1O[C@H](CO)[C@@H](O[C@H]2OC[C@H](O[C@H]3O[C@H](CO)[C@@H](O)[C@H](O)[C@H]3O)[C@H](O)[C@H]2O)[C@H](O)[C@H]1O. The first-order valence-corrected chi connectivity index (χ1v) is 16.3. The fourth-order valence-corrected chi connectivity index (χ4v) is 6.57. The number of aliphatic hydroxyl groups is 9. The van der Waals surface area contributed by atoms with Crippen LogP contribution in [0.25, 0.3) is 22.3 Å². The maximum absolute atomic E-state index is 13.3. The third-order valence-corrected chi connectivity index (χ3v) is 9.51. The van der Waals surface area contributed by atoms with Crippen molar-refractivity contribution in [1.82, 2.24) is 0 Å². The standard InChI is InChI=1S/C33H40O20/c1-47-15-6-16-20(13(38)5-14(49-16)10-2-3-11(36)12(37)4-10)24(41)21(15)31-27(44)26(43)30(18(8-35)50-31)53-32-28(45)23(40)19(9-48-32)52-33-29(46)25(42)22(39)17(7-34)51-33/h2-6,17-19,22-23,25-37,39-46H,7-9H2,1H3/t17-,18-,19+,22-,23+,25+,26-,27-,28-,29-,30-,31-,32-,33-/m1/s1. The lowest BCUT2D eigenvalue weighted by Gasteiger charge is -2.46. The third kappa shape index (κ3) is 7.15. The molecular weight excluding hydrogens is 716 g/mol. The van der Waals surface area contributed by atoms with Crippen LogP contribution in [0.15, 0.2) is 39.5 Å². The molecule has 292 valence electrons. The molecule has 12 N–H and O–H groups in total. The first-order chi connectivity index (χ1) is 25.2. The van der Waals surface area contributed by atoms with Gasteiger partial charge in [-0.1, -0.05) is 0 Å². The summed E-state index contributed by atoms with van der Waals surface area (Å²) in [6, 6.07) is 5.94. The molecule has 0 amide bonds. The number of benzene rings is 2. The van der Waals surface area contributed by atoms with Gasteiger partial charge < -0.3 is 94.1 Å². The van der Waals surface area contributed by atoms with Crippen LogP contribution >= 0.6 is 0 Å². The molecule has 0 bridgehead atoms. The van der Waals surface area contributed by atoms with E-state index < -0.39 is 128 Å². The largest absolute Gasteiger partial charge is 0.506 e. The van der Waals surface area contributed by atoms with Crippen LogP contribution in [-0.2, 0) is 23.7 Å². The number of phenolic OH excluding ortho intramolecular Hbond substituents is 3. The Morgan fingerprint density at radius 1 is 0.736 bits per heavy atom. The number of fused-ring (bicyclic) bond motifs is 1. The van der Waals surface area contributed by atoms with Gasteiger partial charge in [0.2, 0.25) is 0 Å². The number of aliphatic hydroxyl groups excluding tert-OH is 9.